The first-order chi connectivity index (χ1) is 8.93. The molecule has 1 aromatic carbocycles. The summed E-state index contributed by atoms with van der Waals surface area (Å²) in [7, 11) is 0. The van der Waals surface area contributed by atoms with Gasteiger partial charge in [0.25, 0.3) is 0 Å². The molecule has 0 radical (unpaired) electrons. The van der Waals surface area contributed by atoms with E-state index in [0.29, 0.717) is 12.3 Å². The monoisotopic (exact) mass is 262 g/mol. The minimum absolute atomic E-state index is 0.138. The van der Waals surface area contributed by atoms with E-state index in [1.807, 2.05) is 39.0 Å². The molecule has 0 saturated carbocycles. The quantitative estimate of drug-likeness (QED) is 0.855. The van der Waals surface area contributed by atoms with Crippen molar-refractivity contribution in [2.75, 3.05) is 6.61 Å². The fourth-order valence-electron chi connectivity index (χ4n) is 1.80. The number of ether oxygens (including phenoxy) is 1. The molecule has 19 heavy (non-hydrogen) atoms. The highest BCUT2D eigenvalue weighted by Crippen LogP contribution is 2.26. The van der Waals surface area contributed by atoms with Crippen molar-refractivity contribution in [3.63, 3.8) is 0 Å². The summed E-state index contributed by atoms with van der Waals surface area (Å²) < 4.78 is 5.59. The highest BCUT2D eigenvalue weighted by atomic mass is 16.5. The Kier molecular flexibility index (Phi) is 5.42. The fourth-order valence-corrected chi connectivity index (χ4v) is 1.80. The molecule has 0 fully saturated rings. The van der Waals surface area contributed by atoms with Crippen LogP contribution in [0, 0.1) is 6.92 Å². The molecule has 0 aromatic heterocycles. The normalized spacial score (nSPS) is 11.6. The number of carbonyl (C=O) groups excluding carboxylic acids is 1. The van der Waals surface area contributed by atoms with Crippen LogP contribution in [-0.4, -0.2) is 12.6 Å². The molecule has 0 heterocycles. The van der Waals surface area contributed by atoms with Crippen molar-refractivity contribution in [1.29, 1.82) is 0 Å². The molecule has 4 heteroatoms. The zero-order chi connectivity index (χ0) is 14.4. The van der Waals surface area contributed by atoms with E-state index in [0.717, 1.165) is 16.9 Å². The van der Waals surface area contributed by atoms with Crippen LogP contribution in [0.25, 0.3) is 0 Å². The number of carbonyl (C=O) groups is 1. The first-order valence-electron chi connectivity index (χ1n) is 6.40. The summed E-state index contributed by atoms with van der Waals surface area (Å²) in [6.45, 7) is 11.9. The number of hydrogen-bond acceptors (Lipinski definition) is 2. The maximum atomic E-state index is 11.7. The molecule has 1 rings (SSSR count). The number of rotatable bonds is 5. The van der Waals surface area contributed by atoms with Gasteiger partial charge in [0.1, 0.15) is 5.75 Å². The number of amides is 2. The second kappa shape index (κ2) is 6.83. The minimum Gasteiger partial charge on any atom is -0.494 e. The van der Waals surface area contributed by atoms with Crippen LogP contribution in [0.1, 0.15) is 37.9 Å². The van der Waals surface area contributed by atoms with Gasteiger partial charge >= 0.3 is 6.03 Å². The molecular weight excluding hydrogens is 240 g/mol. The van der Waals surface area contributed by atoms with Gasteiger partial charge in [-0.2, -0.15) is 0 Å². The summed E-state index contributed by atoms with van der Waals surface area (Å²) in [4.78, 5) is 11.7. The largest absolute Gasteiger partial charge is 0.494 e. The lowest BCUT2D eigenvalue weighted by Crippen LogP contribution is -2.35. The highest BCUT2D eigenvalue weighted by molar-refractivity contribution is 5.76. The Hall–Kier alpha value is -1.97. The average molecular weight is 262 g/mol. The summed E-state index contributed by atoms with van der Waals surface area (Å²) in [5.41, 5.74) is 2.71. The van der Waals surface area contributed by atoms with Crippen molar-refractivity contribution < 1.29 is 9.53 Å². The molecule has 0 bridgehead atoms. The zero-order valence-electron chi connectivity index (χ0n) is 12.0. The van der Waals surface area contributed by atoms with Crippen LogP contribution in [0.15, 0.2) is 30.5 Å². The third-order valence-electron chi connectivity index (χ3n) is 2.61. The lowest BCUT2D eigenvalue weighted by atomic mass is 10.0. The number of benzene rings is 1. The van der Waals surface area contributed by atoms with Gasteiger partial charge in [-0.25, -0.2) is 4.79 Å². The van der Waals surface area contributed by atoms with Crippen molar-refractivity contribution >= 4 is 6.03 Å². The Morgan fingerprint density at radius 3 is 2.74 bits per heavy atom. The van der Waals surface area contributed by atoms with Gasteiger partial charge in [0, 0.05) is 11.3 Å². The molecule has 0 aliphatic heterocycles. The molecule has 1 unspecified atom stereocenters. The van der Waals surface area contributed by atoms with Gasteiger partial charge in [-0.3, -0.25) is 0 Å². The molecule has 0 spiro atoms. The number of allylic oxidation sites excluding steroid dienone is 1. The van der Waals surface area contributed by atoms with Gasteiger partial charge in [0.2, 0.25) is 0 Å². The lowest BCUT2D eigenvalue weighted by Gasteiger charge is -2.19. The molecule has 4 nitrogen and oxygen atoms in total. The van der Waals surface area contributed by atoms with Gasteiger partial charge in [0.05, 0.1) is 12.6 Å². The summed E-state index contributed by atoms with van der Waals surface area (Å²) in [6.07, 6.45) is 0. The first-order valence-corrected chi connectivity index (χ1v) is 6.40. The van der Waals surface area contributed by atoms with Crippen LogP contribution in [0.3, 0.4) is 0 Å². The van der Waals surface area contributed by atoms with E-state index >= 15 is 0 Å². The SMILES string of the molecule is C=C(C)NC(=O)NC(C)c1cc(C)ccc1OCC. The Morgan fingerprint density at radius 1 is 1.47 bits per heavy atom. The third kappa shape index (κ3) is 4.66. The third-order valence-corrected chi connectivity index (χ3v) is 2.61. The second-order valence-electron chi connectivity index (χ2n) is 4.57. The Bertz CT molecular complexity index is 469. The Balaban J connectivity index is 2.85. The predicted octanol–water partition coefficient (Wildman–Crippen LogP) is 3.29. The molecule has 0 aliphatic carbocycles. The van der Waals surface area contributed by atoms with Gasteiger partial charge in [-0.15, -0.1) is 0 Å². The summed E-state index contributed by atoms with van der Waals surface area (Å²) in [5.74, 6) is 0.802. The molecule has 2 amide bonds. The molecule has 0 saturated heterocycles. The van der Waals surface area contributed by atoms with Gasteiger partial charge in [-0.1, -0.05) is 24.3 Å². The van der Waals surface area contributed by atoms with Crippen molar-refractivity contribution in [3.05, 3.63) is 41.6 Å². The van der Waals surface area contributed by atoms with Gasteiger partial charge in [0.15, 0.2) is 0 Å². The predicted molar refractivity (Wildman–Crippen MR) is 77.2 cm³/mol. The smallest absolute Gasteiger partial charge is 0.319 e. The topological polar surface area (TPSA) is 50.4 Å². The molecule has 1 atom stereocenters. The molecule has 1 aromatic rings. The molecule has 2 N–H and O–H groups in total. The number of aryl methyl sites for hydroxylation is 1. The van der Waals surface area contributed by atoms with E-state index in [1.165, 1.54) is 0 Å². The van der Waals surface area contributed by atoms with Crippen LogP contribution < -0.4 is 15.4 Å². The van der Waals surface area contributed by atoms with Crippen molar-refractivity contribution in [2.24, 2.45) is 0 Å². The van der Waals surface area contributed by atoms with Gasteiger partial charge < -0.3 is 15.4 Å². The number of hydrogen-bond donors (Lipinski definition) is 2. The van der Waals surface area contributed by atoms with Crippen LogP contribution in [0.2, 0.25) is 0 Å². The summed E-state index contributed by atoms with van der Waals surface area (Å²) in [6, 6.07) is 5.55. The first kappa shape index (κ1) is 15.1. The van der Waals surface area contributed by atoms with Crippen LogP contribution in [-0.2, 0) is 0 Å². The lowest BCUT2D eigenvalue weighted by molar-refractivity contribution is 0.240. The van der Waals surface area contributed by atoms with E-state index < -0.39 is 0 Å². The van der Waals surface area contributed by atoms with E-state index in [9.17, 15) is 4.79 Å². The highest BCUT2D eigenvalue weighted by Gasteiger charge is 2.14. The zero-order valence-corrected chi connectivity index (χ0v) is 12.0. The number of nitrogens with one attached hydrogen (secondary N) is 2. The Labute approximate surface area is 114 Å². The van der Waals surface area contributed by atoms with Crippen LogP contribution in [0.5, 0.6) is 5.75 Å². The van der Waals surface area contributed by atoms with Crippen molar-refractivity contribution in [2.45, 2.75) is 33.7 Å². The summed E-state index contributed by atoms with van der Waals surface area (Å²) >= 11 is 0. The minimum atomic E-state index is -0.260. The maximum Gasteiger partial charge on any atom is 0.319 e. The maximum absolute atomic E-state index is 11.7. The van der Waals surface area contributed by atoms with Crippen LogP contribution in [0.4, 0.5) is 4.79 Å². The van der Waals surface area contributed by atoms with E-state index in [1.54, 1.807) is 6.92 Å². The standard InChI is InChI=1S/C15H22N2O2/c1-6-19-14-8-7-11(4)9-13(14)12(5)17-15(18)16-10(2)3/h7-9,12H,2,6H2,1,3-5H3,(H2,16,17,18). The van der Waals surface area contributed by atoms with Gasteiger partial charge in [-0.05, 0) is 33.8 Å². The van der Waals surface area contributed by atoms with Crippen molar-refractivity contribution in [3.8, 4) is 5.75 Å². The Morgan fingerprint density at radius 2 is 2.16 bits per heavy atom. The average Bonchev–Trinajstić information content (AvgIpc) is 2.30. The molecule has 104 valence electrons. The van der Waals surface area contributed by atoms with E-state index in [2.05, 4.69) is 17.2 Å². The summed E-state index contributed by atoms with van der Waals surface area (Å²) in [5, 5.41) is 5.49. The number of urea groups is 1. The van der Waals surface area contributed by atoms with Crippen molar-refractivity contribution in [1.82, 2.24) is 10.6 Å². The second-order valence-corrected chi connectivity index (χ2v) is 4.57. The van der Waals surface area contributed by atoms with Crippen LogP contribution >= 0.6 is 0 Å². The molecule has 0 aliphatic rings. The van der Waals surface area contributed by atoms with E-state index in [-0.39, 0.29) is 12.1 Å². The van der Waals surface area contributed by atoms with E-state index in [4.69, 9.17) is 4.74 Å². The molecular formula is C15H22N2O2. The fraction of sp³-hybridized carbons (Fsp3) is 0.400.